The minimum Gasteiger partial charge on any atom is -0.346 e. The lowest BCUT2D eigenvalue weighted by Gasteiger charge is -2.38. The molecule has 3 rings (SSSR count). The van der Waals surface area contributed by atoms with Crippen molar-refractivity contribution in [3.05, 3.63) is 35.5 Å². The molecule has 0 saturated carbocycles. The van der Waals surface area contributed by atoms with Crippen LogP contribution in [0.4, 0.5) is 0 Å². The van der Waals surface area contributed by atoms with Crippen molar-refractivity contribution in [1.82, 2.24) is 9.47 Å². The Bertz CT molecular complexity index is 836. The molecule has 1 aromatic heterocycles. The van der Waals surface area contributed by atoms with Crippen molar-refractivity contribution >= 4 is 16.8 Å². The van der Waals surface area contributed by atoms with Crippen LogP contribution < -0.4 is 5.73 Å². The zero-order valence-corrected chi connectivity index (χ0v) is 18.3. The molecule has 1 aromatic carbocycles. The minimum absolute atomic E-state index is 0.117. The van der Waals surface area contributed by atoms with E-state index in [1.165, 1.54) is 35.0 Å². The molecule has 1 aliphatic rings. The maximum Gasteiger partial charge on any atom is 0.220 e. The standard InChI is InChI=1S/C24H37N3O/c1-6-7-15-24(3,4)22(25)13-12-21-23-19(14-16-27(21)17(2)28)18-10-8-9-11-20(18)26(23)5/h8-11,21-22H,6-7,12-16,25H2,1-5H3. The fraction of sp³-hybridized carbons (Fsp3) is 0.625. The summed E-state index contributed by atoms with van der Waals surface area (Å²) in [5.74, 6) is 0.166. The molecule has 0 saturated heterocycles. The summed E-state index contributed by atoms with van der Waals surface area (Å²) in [7, 11) is 2.14. The molecule has 2 unspecified atom stereocenters. The molecule has 0 fully saturated rings. The van der Waals surface area contributed by atoms with Crippen molar-refractivity contribution in [2.24, 2.45) is 18.2 Å². The second-order valence-corrected chi connectivity index (χ2v) is 9.19. The van der Waals surface area contributed by atoms with E-state index in [-0.39, 0.29) is 23.4 Å². The number of para-hydroxylation sites is 1. The number of nitrogens with zero attached hydrogens (tertiary/aromatic N) is 2. The molecule has 2 atom stereocenters. The van der Waals surface area contributed by atoms with E-state index in [2.05, 4.69) is 61.6 Å². The van der Waals surface area contributed by atoms with Crippen LogP contribution in [0.3, 0.4) is 0 Å². The largest absolute Gasteiger partial charge is 0.346 e. The quantitative estimate of drug-likeness (QED) is 0.735. The van der Waals surface area contributed by atoms with Crippen LogP contribution in [0.25, 0.3) is 10.9 Å². The van der Waals surface area contributed by atoms with Gasteiger partial charge < -0.3 is 15.2 Å². The van der Waals surface area contributed by atoms with Gasteiger partial charge in [-0.05, 0) is 42.7 Å². The van der Waals surface area contributed by atoms with Crippen LogP contribution in [0, 0.1) is 5.41 Å². The smallest absolute Gasteiger partial charge is 0.220 e. The second kappa shape index (κ2) is 8.28. The molecule has 2 heterocycles. The highest BCUT2D eigenvalue weighted by Crippen LogP contribution is 2.40. The SMILES string of the molecule is CCCCC(C)(C)C(N)CCC1c2c(c3ccccc3n2C)CCN1C(C)=O. The number of unbranched alkanes of at least 4 members (excludes halogenated alkanes) is 1. The predicted molar refractivity (Wildman–Crippen MR) is 117 cm³/mol. The first-order valence-electron chi connectivity index (χ1n) is 10.9. The van der Waals surface area contributed by atoms with Gasteiger partial charge in [-0.1, -0.05) is 51.8 Å². The van der Waals surface area contributed by atoms with E-state index in [9.17, 15) is 4.79 Å². The Hall–Kier alpha value is -1.81. The summed E-state index contributed by atoms with van der Waals surface area (Å²) in [5, 5.41) is 1.33. The fourth-order valence-electron chi connectivity index (χ4n) is 4.93. The van der Waals surface area contributed by atoms with E-state index >= 15 is 0 Å². The highest BCUT2D eigenvalue weighted by molar-refractivity contribution is 5.86. The number of hydrogen-bond acceptors (Lipinski definition) is 2. The maximum absolute atomic E-state index is 12.4. The van der Waals surface area contributed by atoms with E-state index in [1.54, 1.807) is 6.92 Å². The Balaban J connectivity index is 1.89. The van der Waals surface area contributed by atoms with E-state index in [0.29, 0.717) is 0 Å². The number of hydrogen-bond donors (Lipinski definition) is 1. The first-order chi connectivity index (χ1) is 13.3. The van der Waals surface area contributed by atoms with Gasteiger partial charge in [0.25, 0.3) is 0 Å². The van der Waals surface area contributed by atoms with Crippen LogP contribution in [-0.2, 0) is 18.3 Å². The average molecular weight is 384 g/mol. The third kappa shape index (κ3) is 3.84. The first-order valence-corrected chi connectivity index (χ1v) is 10.9. The summed E-state index contributed by atoms with van der Waals surface area (Å²) in [4.78, 5) is 14.5. The average Bonchev–Trinajstić information content (AvgIpc) is 2.97. The topological polar surface area (TPSA) is 51.3 Å². The van der Waals surface area contributed by atoms with Crippen LogP contribution in [0.1, 0.15) is 77.1 Å². The monoisotopic (exact) mass is 383 g/mol. The molecule has 4 nitrogen and oxygen atoms in total. The number of carbonyl (C=O) groups excluding carboxylic acids is 1. The van der Waals surface area contributed by atoms with Crippen molar-refractivity contribution in [3.8, 4) is 0 Å². The summed E-state index contributed by atoms with van der Waals surface area (Å²) in [6.45, 7) is 9.32. The summed E-state index contributed by atoms with van der Waals surface area (Å²) in [6, 6.07) is 8.87. The zero-order valence-electron chi connectivity index (χ0n) is 18.3. The molecule has 0 spiro atoms. The summed E-state index contributed by atoms with van der Waals surface area (Å²) in [5.41, 5.74) is 10.8. The lowest BCUT2D eigenvalue weighted by atomic mass is 9.77. The van der Waals surface area contributed by atoms with Crippen molar-refractivity contribution in [2.45, 2.75) is 78.3 Å². The second-order valence-electron chi connectivity index (χ2n) is 9.19. The Labute approximate surface area is 170 Å². The summed E-state index contributed by atoms with van der Waals surface area (Å²) >= 11 is 0. The van der Waals surface area contributed by atoms with Gasteiger partial charge in [-0.3, -0.25) is 4.79 Å². The molecule has 2 aromatic rings. The van der Waals surface area contributed by atoms with Gasteiger partial charge in [-0.25, -0.2) is 0 Å². The van der Waals surface area contributed by atoms with Gasteiger partial charge in [0.1, 0.15) is 0 Å². The number of aryl methyl sites for hydroxylation is 1. The molecule has 1 amide bonds. The number of fused-ring (bicyclic) bond motifs is 3. The lowest BCUT2D eigenvalue weighted by molar-refractivity contribution is -0.132. The Morgan fingerprint density at radius 1 is 1.32 bits per heavy atom. The van der Waals surface area contributed by atoms with Crippen molar-refractivity contribution in [1.29, 1.82) is 0 Å². The minimum atomic E-state index is 0.117. The van der Waals surface area contributed by atoms with Gasteiger partial charge in [-0.15, -0.1) is 0 Å². The van der Waals surface area contributed by atoms with Gasteiger partial charge in [0.2, 0.25) is 5.91 Å². The third-order valence-electron chi connectivity index (χ3n) is 6.89. The highest BCUT2D eigenvalue weighted by atomic mass is 16.2. The normalized spacial score (nSPS) is 18.4. The number of rotatable bonds is 7. The highest BCUT2D eigenvalue weighted by Gasteiger charge is 2.35. The lowest BCUT2D eigenvalue weighted by Crippen LogP contribution is -2.42. The van der Waals surface area contributed by atoms with Crippen LogP contribution >= 0.6 is 0 Å². The molecule has 2 N–H and O–H groups in total. The Kier molecular flexibility index (Phi) is 6.18. The molecule has 0 aliphatic carbocycles. The van der Waals surface area contributed by atoms with Crippen LogP contribution in [-0.4, -0.2) is 28.0 Å². The van der Waals surface area contributed by atoms with E-state index in [1.807, 2.05) is 0 Å². The van der Waals surface area contributed by atoms with Crippen LogP contribution in [0.2, 0.25) is 0 Å². The molecule has 0 radical (unpaired) electrons. The molecule has 0 bridgehead atoms. The molecular weight excluding hydrogens is 346 g/mol. The Morgan fingerprint density at radius 2 is 2.04 bits per heavy atom. The number of nitrogens with two attached hydrogens (primary N) is 1. The van der Waals surface area contributed by atoms with Crippen molar-refractivity contribution < 1.29 is 4.79 Å². The van der Waals surface area contributed by atoms with Crippen LogP contribution in [0.5, 0.6) is 0 Å². The molecule has 4 heteroatoms. The number of aromatic nitrogens is 1. The predicted octanol–water partition coefficient (Wildman–Crippen LogP) is 4.95. The van der Waals surface area contributed by atoms with E-state index < -0.39 is 0 Å². The molecule has 154 valence electrons. The van der Waals surface area contributed by atoms with Gasteiger partial charge >= 0.3 is 0 Å². The summed E-state index contributed by atoms with van der Waals surface area (Å²) in [6.07, 6.45) is 6.37. The summed E-state index contributed by atoms with van der Waals surface area (Å²) < 4.78 is 2.30. The van der Waals surface area contributed by atoms with E-state index in [4.69, 9.17) is 5.73 Å². The number of benzene rings is 1. The number of carbonyl (C=O) groups is 1. The Morgan fingerprint density at radius 3 is 2.71 bits per heavy atom. The van der Waals surface area contributed by atoms with E-state index in [0.717, 1.165) is 32.2 Å². The third-order valence-corrected chi connectivity index (χ3v) is 6.89. The van der Waals surface area contributed by atoms with Crippen molar-refractivity contribution in [3.63, 3.8) is 0 Å². The maximum atomic E-state index is 12.4. The van der Waals surface area contributed by atoms with Crippen molar-refractivity contribution in [2.75, 3.05) is 6.54 Å². The molecule has 28 heavy (non-hydrogen) atoms. The van der Waals surface area contributed by atoms with Gasteiger partial charge in [-0.2, -0.15) is 0 Å². The first kappa shape index (κ1) is 20.9. The van der Waals surface area contributed by atoms with Crippen LogP contribution in [0.15, 0.2) is 24.3 Å². The van der Waals surface area contributed by atoms with Gasteiger partial charge in [0.05, 0.1) is 6.04 Å². The number of amides is 1. The van der Waals surface area contributed by atoms with Gasteiger partial charge in [0, 0.05) is 43.2 Å². The van der Waals surface area contributed by atoms with Gasteiger partial charge in [0.15, 0.2) is 0 Å². The fourth-order valence-corrected chi connectivity index (χ4v) is 4.93. The molecule has 1 aliphatic heterocycles. The molecular formula is C24H37N3O. The zero-order chi connectivity index (χ0) is 20.5.